The lowest BCUT2D eigenvalue weighted by Crippen LogP contribution is -2.08. The number of carbonyl (C=O) groups is 2. The first-order chi connectivity index (χ1) is 7.07. The molecule has 15 heavy (non-hydrogen) atoms. The standard InChI is InChI=1S/C11H11O3Si/c1-7(12)10-5-3-4-9(6-14-15)11(10)8(2)13/h3-5H,6H2,1-2H3. The minimum Gasteiger partial charge on any atom is -0.414 e. The molecule has 0 atom stereocenters. The van der Waals surface area contributed by atoms with E-state index < -0.39 is 0 Å². The van der Waals surface area contributed by atoms with Gasteiger partial charge in [0.05, 0.1) is 6.61 Å². The Kier molecular flexibility index (Phi) is 3.93. The van der Waals surface area contributed by atoms with Gasteiger partial charge in [-0.15, -0.1) is 0 Å². The smallest absolute Gasteiger partial charge is 0.246 e. The van der Waals surface area contributed by atoms with Crippen LogP contribution in [0, 0.1) is 0 Å². The van der Waals surface area contributed by atoms with Gasteiger partial charge in [0.1, 0.15) is 0 Å². The fraction of sp³-hybridized carbons (Fsp3) is 0.273. The number of hydrogen-bond acceptors (Lipinski definition) is 3. The van der Waals surface area contributed by atoms with Gasteiger partial charge < -0.3 is 4.43 Å². The molecule has 3 radical (unpaired) electrons. The van der Waals surface area contributed by atoms with Crippen LogP contribution in [0.15, 0.2) is 18.2 Å². The average molecular weight is 219 g/mol. The fourth-order valence-electron chi connectivity index (χ4n) is 1.51. The van der Waals surface area contributed by atoms with Crippen molar-refractivity contribution in [2.75, 3.05) is 0 Å². The summed E-state index contributed by atoms with van der Waals surface area (Å²) in [5.74, 6) is -0.240. The summed E-state index contributed by atoms with van der Waals surface area (Å²) in [5, 5.41) is 0. The Bertz CT molecular complexity index is 399. The van der Waals surface area contributed by atoms with E-state index in [-0.39, 0.29) is 18.2 Å². The Morgan fingerprint density at radius 2 is 1.93 bits per heavy atom. The molecule has 0 spiro atoms. The van der Waals surface area contributed by atoms with E-state index in [0.29, 0.717) is 16.7 Å². The van der Waals surface area contributed by atoms with Crippen LogP contribution in [0.2, 0.25) is 0 Å². The van der Waals surface area contributed by atoms with Gasteiger partial charge in [-0.2, -0.15) is 0 Å². The van der Waals surface area contributed by atoms with Gasteiger partial charge in [-0.05, 0) is 19.4 Å². The summed E-state index contributed by atoms with van der Waals surface area (Å²) in [6.45, 7) is 3.14. The molecular formula is C11H11O3Si. The second kappa shape index (κ2) is 5.00. The van der Waals surface area contributed by atoms with Gasteiger partial charge >= 0.3 is 0 Å². The molecule has 1 aromatic rings. The van der Waals surface area contributed by atoms with Crippen LogP contribution >= 0.6 is 0 Å². The van der Waals surface area contributed by atoms with E-state index in [1.165, 1.54) is 13.8 Å². The van der Waals surface area contributed by atoms with Crippen LogP contribution in [0.3, 0.4) is 0 Å². The van der Waals surface area contributed by atoms with Gasteiger partial charge in [0.25, 0.3) is 0 Å². The molecule has 0 N–H and O–H groups in total. The molecule has 0 aromatic heterocycles. The maximum Gasteiger partial charge on any atom is 0.246 e. The summed E-state index contributed by atoms with van der Waals surface area (Å²) in [7, 11) is 2.88. The Labute approximate surface area is 92.0 Å². The minimum absolute atomic E-state index is 0.115. The Morgan fingerprint density at radius 3 is 2.40 bits per heavy atom. The van der Waals surface area contributed by atoms with E-state index >= 15 is 0 Å². The molecule has 0 saturated heterocycles. The lowest BCUT2D eigenvalue weighted by atomic mass is 9.96. The molecule has 0 unspecified atom stereocenters. The molecule has 77 valence electrons. The molecule has 4 heteroatoms. The van der Waals surface area contributed by atoms with Gasteiger partial charge in [-0.3, -0.25) is 9.59 Å². The van der Waals surface area contributed by atoms with Crippen molar-refractivity contribution in [1.29, 1.82) is 0 Å². The maximum atomic E-state index is 11.4. The van der Waals surface area contributed by atoms with E-state index in [0.717, 1.165) is 0 Å². The summed E-state index contributed by atoms with van der Waals surface area (Å²) >= 11 is 0. The maximum absolute atomic E-state index is 11.4. The van der Waals surface area contributed by atoms with Crippen molar-refractivity contribution in [2.24, 2.45) is 0 Å². The van der Waals surface area contributed by atoms with Crippen LogP contribution < -0.4 is 0 Å². The summed E-state index contributed by atoms with van der Waals surface area (Å²) in [4.78, 5) is 22.8. The number of carbonyl (C=O) groups excluding carboxylic acids is 2. The summed E-state index contributed by atoms with van der Waals surface area (Å²) in [6, 6.07) is 5.16. The molecule has 1 rings (SSSR count). The largest absolute Gasteiger partial charge is 0.414 e. The zero-order valence-electron chi connectivity index (χ0n) is 8.66. The molecule has 0 bridgehead atoms. The highest BCUT2D eigenvalue weighted by molar-refractivity contribution is 6.08. The number of rotatable bonds is 4. The van der Waals surface area contributed by atoms with Gasteiger partial charge in [-0.25, -0.2) is 0 Å². The van der Waals surface area contributed by atoms with Crippen LogP contribution in [0.25, 0.3) is 0 Å². The molecule has 0 heterocycles. The summed E-state index contributed by atoms with van der Waals surface area (Å²) in [6.07, 6.45) is 0. The first-order valence-electron chi connectivity index (χ1n) is 4.50. The van der Waals surface area contributed by atoms with Gasteiger partial charge in [-0.1, -0.05) is 18.2 Å². The first kappa shape index (κ1) is 11.8. The zero-order chi connectivity index (χ0) is 11.4. The zero-order valence-corrected chi connectivity index (χ0v) is 9.66. The monoisotopic (exact) mass is 219 g/mol. The topological polar surface area (TPSA) is 43.4 Å². The molecule has 3 nitrogen and oxygen atoms in total. The van der Waals surface area contributed by atoms with Crippen molar-refractivity contribution in [2.45, 2.75) is 20.5 Å². The van der Waals surface area contributed by atoms with E-state index in [2.05, 4.69) is 10.5 Å². The predicted octanol–water partition coefficient (Wildman–Crippen LogP) is 1.69. The lowest BCUT2D eigenvalue weighted by Gasteiger charge is -2.09. The highest BCUT2D eigenvalue weighted by atomic mass is 28.2. The fourth-order valence-corrected chi connectivity index (χ4v) is 1.66. The van der Waals surface area contributed by atoms with Crippen molar-refractivity contribution in [1.82, 2.24) is 0 Å². The number of benzene rings is 1. The Balaban J connectivity index is 3.34. The Hall–Kier alpha value is -1.26. The number of ketones is 2. The SMILES string of the molecule is CC(=O)c1cccc(CO[Si])c1C(C)=O. The van der Waals surface area contributed by atoms with Crippen LogP contribution in [0.4, 0.5) is 0 Å². The third kappa shape index (κ3) is 2.61. The molecular weight excluding hydrogens is 208 g/mol. The molecule has 1 aromatic carbocycles. The molecule has 0 aliphatic rings. The minimum atomic E-state index is -0.125. The van der Waals surface area contributed by atoms with Crippen LogP contribution in [-0.4, -0.2) is 22.1 Å². The second-order valence-corrected chi connectivity index (χ2v) is 3.53. The van der Waals surface area contributed by atoms with Gasteiger partial charge in [0, 0.05) is 11.1 Å². The van der Waals surface area contributed by atoms with Crippen LogP contribution in [-0.2, 0) is 11.0 Å². The predicted molar refractivity (Wildman–Crippen MR) is 57.0 cm³/mol. The van der Waals surface area contributed by atoms with Gasteiger partial charge in [0.2, 0.25) is 10.5 Å². The normalized spacial score (nSPS) is 10.1. The number of hydrogen-bond donors (Lipinski definition) is 0. The second-order valence-electron chi connectivity index (χ2n) is 3.24. The third-order valence-electron chi connectivity index (χ3n) is 2.11. The summed E-state index contributed by atoms with van der Waals surface area (Å²) < 4.78 is 4.80. The third-order valence-corrected chi connectivity index (χ3v) is 2.25. The quantitative estimate of drug-likeness (QED) is 0.571. The Morgan fingerprint density at radius 1 is 1.27 bits per heavy atom. The lowest BCUT2D eigenvalue weighted by molar-refractivity contribution is 0.0979. The van der Waals surface area contributed by atoms with Crippen molar-refractivity contribution < 1.29 is 14.0 Å². The molecule has 0 aliphatic heterocycles. The van der Waals surface area contributed by atoms with Crippen LogP contribution in [0.1, 0.15) is 40.1 Å². The van der Waals surface area contributed by atoms with E-state index in [1.807, 2.05) is 0 Å². The van der Waals surface area contributed by atoms with Gasteiger partial charge in [0.15, 0.2) is 11.6 Å². The van der Waals surface area contributed by atoms with Crippen molar-refractivity contribution >= 4 is 22.1 Å². The van der Waals surface area contributed by atoms with Crippen LogP contribution in [0.5, 0.6) is 0 Å². The van der Waals surface area contributed by atoms with E-state index in [9.17, 15) is 9.59 Å². The molecule has 0 amide bonds. The van der Waals surface area contributed by atoms with E-state index in [4.69, 9.17) is 4.43 Å². The average Bonchev–Trinajstić information content (AvgIpc) is 2.17. The highest BCUT2D eigenvalue weighted by Crippen LogP contribution is 2.17. The molecule has 0 saturated carbocycles. The first-order valence-corrected chi connectivity index (χ1v) is 4.91. The molecule has 0 aliphatic carbocycles. The number of Topliss-reactive ketones (excluding diaryl/α,β-unsaturated/α-hetero) is 2. The summed E-state index contributed by atoms with van der Waals surface area (Å²) in [5.41, 5.74) is 1.61. The van der Waals surface area contributed by atoms with Crippen molar-refractivity contribution in [3.05, 3.63) is 34.9 Å². The highest BCUT2D eigenvalue weighted by Gasteiger charge is 2.14. The molecule has 0 fully saturated rings. The van der Waals surface area contributed by atoms with Crippen molar-refractivity contribution in [3.8, 4) is 0 Å². The van der Waals surface area contributed by atoms with E-state index in [1.54, 1.807) is 18.2 Å². The van der Waals surface area contributed by atoms with Crippen molar-refractivity contribution in [3.63, 3.8) is 0 Å².